The van der Waals surface area contributed by atoms with Crippen LogP contribution < -0.4 is 23.7 Å². The molecular formula is C103H128Cl10F2O20SSi. The Morgan fingerprint density at radius 1 is 0.336 bits per heavy atom. The molecule has 6 rings (SSSR count). The number of rotatable bonds is 60. The zero-order valence-electron chi connectivity index (χ0n) is 80.0. The van der Waals surface area contributed by atoms with Crippen molar-refractivity contribution >= 4 is 192 Å². The third kappa shape index (κ3) is 44.3. The van der Waals surface area contributed by atoms with Crippen LogP contribution in [0.2, 0.25) is 68.4 Å². The van der Waals surface area contributed by atoms with Crippen molar-refractivity contribution in [3.05, 3.63) is 229 Å². The van der Waals surface area contributed by atoms with E-state index < -0.39 is 18.4 Å². The maximum absolute atomic E-state index is 12.3. The minimum Gasteiger partial charge on any atom is -0.484 e. The number of carbonyl (C=O) groups is 10. The lowest BCUT2D eigenvalue weighted by Crippen LogP contribution is -2.40. The molecule has 6 aromatic rings. The summed E-state index contributed by atoms with van der Waals surface area (Å²) in [6, 6.07) is 21.7. The van der Waals surface area contributed by atoms with Crippen LogP contribution in [0.5, 0.6) is 28.7 Å². The highest BCUT2D eigenvalue weighted by Crippen LogP contribution is 2.42. The van der Waals surface area contributed by atoms with E-state index in [9.17, 15) is 65.1 Å². The first-order chi connectivity index (χ1) is 64.6. The second kappa shape index (κ2) is 66.3. The Kier molecular flexibility index (Phi) is 60.8. The molecule has 34 heteroatoms. The summed E-state index contributed by atoms with van der Waals surface area (Å²) in [4.78, 5) is 121. The smallest absolute Gasteiger partial charge is 0.296 e. The second-order valence-corrected chi connectivity index (χ2v) is 43.3. The summed E-state index contributed by atoms with van der Waals surface area (Å²) < 4.78 is 86.6. The van der Waals surface area contributed by atoms with Crippen molar-refractivity contribution in [3.63, 3.8) is 0 Å². The third-order valence-corrected chi connectivity index (χ3v) is 31.6. The van der Waals surface area contributed by atoms with Gasteiger partial charge in [0, 0.05) is 73.1 Å². The quantitative estimate of drug-likeness (QED) is 0.0122. The van der Waals surface area contributed by atoms with Gasteiger partial charge in [0.15, 0.2) is 66.1 Å². The van der Waals surface area contributed by atoms with Crippen molar-refractivity contribution in [1.82, 2.24) is 0 Å². The van der Waals surface area contributed by atoms with Gasteiger partial charge in [0.1, 0.15) is 86.9 Å². The summed E-state index contributed by atoms with van der Waals surface area (Å²) >= 11 is 61.7. The first-order valence-corrected chi connectivity index (χ1v) is 53.3. The van der Waals surface area contributed by atoms with Gasteiger partial charge in [-0.2, -0.15) is 8.42 Å². The summed E-state index contributed by atoms with van der Waals surface area (Å²) in [5, 5.41) is 9.85. The van der Waals surface area contributed by atoms with Crippen LogP contribution in [0.1, 0.15) is 273 Å². The standard InChI is InChI=1S/C25H28Cl2O6S.C24H36Cl2O4Si.2C18H21Cl2FO3.C18H22Cl2O4/c1-4-18(3)25(29)21-13-14-22(24(27)23(21)26)32-16-19(28)8-6-5-7-15-33-34(30,31)20-11-9-17(2)10-12-20;1-8-17(2)23(28)19-13-14-20(22(26)21(19)25)29-16-18(27)12-10-9-11-15-30-31(6,7)24(3,4)5;3*1-3-12(2)18(23)14-8-9-15(17(20)16(14)19)24-11-13(22)7-5-4-6-10-21/h9-14H,3-8,15-16H2,1-2H3;13-14H,2,8-12,15-16H2,1,3-7H3;2*8-9H,2-7,10-11H2,1H3;8-9,21H,2-7,10-11H2,1H3/i;;21-1;;. The fourth-order valence-corrected chi connectivity index (χ4v) is 15.8. The van der Waals surface area contributed by atoms with E-state index in [2.05, 4.69) is 66.8 Å². The number of aliphatic hydroxyl groups excluding tert-OH is 1. The number of allylic oxidation sites excluding steroid dienone is 5. The molecule has 1 N–H and O–H groups in total. The summed E-state index contributed by atoms with van der Waals surface area (Å²) in [7, 11) is -5.48. The number of aliphatic hydroxyl groups is 1. The molecule has 0 bridgehead atoms. The van der Waals surface area contributed by atoms with Gasteiger partial charge in [0.2, 0.25) is 0 Å². The van der Waals surface area contributed by atoms with E-state index in [0.29, 0.717) is 162 Å². The van der Waals surface area contributed by atoms with Gasteiger partial charge in [0.05, 0.1) is 50.0 Å². The number of halogens is 12. The van der Waals surface area contributed by atoms with Gasteiger partial charge < -0.3 is 33.2 Å². The van der Waals surface area contributed by atoms with Crippen LogP contribution in [-0.4, -0.2) is 146 Å². The normalized spacial score (nSPS) is 11.0. The summed E-state index contributed by atoms with van der Waals surface area (Å²) in [5.41, 5.74) is 4.48. The fourth-order valence-electron chi connectivity index (χ4n) is 11.5. The Morgan fingerprint density at radius 3 is 0.781 bits per heavy atom. The minimum atomic E-state index is -3.78. The second-order valence-electron chi connectivity index (χ2n) is 33.1. The fraction of sp³-hybridized carbons (Fsp3) is 0.456. The summed E-state index contributed by atoms with van der Waals surface area (Å²) in [6.07, 6.45) is 14.4. The Balaban J connectivity index is 0.000000584. The van der Waals surface area contributed by atoms with Crippen LogP contribution in [-0.2, 0) is 42.7 Å². The highest BCUT2D eigenvalue weighted by molar-refractivity contribution is 7.86. The van der Waals surface area contributed by atoms with Crippen LogP contribution in [0.25, 0.3) is 0 Å². The maximum Gasteiger partial charge on any atom is 0.296 e. The summed E-state index contributed by atoms with van der Waals surface area (Å²) in [5.74, 6) is -0.427. The molecule has 0 radical (unpaired) electrons. The number of hydrogen-bond acceptors (Lipinski definition) is 20. The van der Waals surface area contributed by atoms with E-state index in [1.165, 1.54) is 60.7 Å². The SMILES string of the molecule is C=C(CC)C(=O)c1ccc(OCC(=O)CCCCCF)c(Cl)c1Cl.C=C(CC)C(=O)c1ccc(OCC(=O)CCCCCO)c(Cl)c1Cl.C=C(CC)C(=O)c1ccc(OCC(=O)CCCCCOS(=O)(=O)c2ccc(C)cc2)c(Cl)c1Cl.C=C(CC)C(=O)c1ccc(OCC(=O)CCCCCO[Si](C)(C)C(C)(C)C)c(Cl)c1Cl.C=C(CC)C(=O)c1ccc(OCC(=O)CCCCC[18F])c(Cl)c1Cl. The molecule has 0 saturated carbocycles. The number of benzene rings is 6. The highest BCUT2D eigenvalue weighted by atomic mass is 35.5. The van der Waals surface area contributed by atoms with Gasteiger partial charge in [-0.15, -0.1) is 0 Å². The molecule has 0 heterocycles. The van der Waals surface area contributed by atoms with Crippen molar-refractivity contribution in [3.8, 4) is 28.7 Å². The van der Waals surface area contributed by atoms with E-state index in [0.717, 1.165) is 37.9 Å². The average molecular weight is 2140 g/mol. The molecule has 0 fully saturated rings. The number of carbonyl (C=O) groups excluding carboxylic acids is 10. The molecule has 0 spiro atoms. The van der Waals surface area contributed by atoms with Gasteiger partial charge in [-0.25, -0.2) is 0 Å². The molecular weight excluding hydrogens is 2010 g/mol. The molecule has 0 aliphatic rings. The third-order valence-electron chi connectivity index (χ3n) is 21.4. The molecule has 0 saturated heterocycles. The molecule has 6 aromatic carbocycles. The lowest BCUT2D eigenvalue weighted by atomic mass is 10.0. The molecule has 0 unspecified atom stereocenters. The molecule has 137 heavy (non-hydrogen) atoms. The molecule has 0 amide bonds. The van der Waals surface area contributed by atoms with E-state index in [-0.39, 0.29) is 235 Å². The van der Waals surface area contributed by atoms with Crippen LogP contribution in [0.15, 0.2) is 151 Å². The number of Topliss-reactive ketones (excluding diaryl/α,β-unsaturated/α-hetero) is 10. The zero-order chi connectivity index (χ0) is 103. The number of alkyl halides is 2. The average Bonchev–Trinajstić information content (AvgIpc) is 0.846. The van der Waals surface area contributed by atoms with Crippen LogP contribution >= 0.6 is 116 Å². The van der Waals surface area contributed by atoms with Gasteiger partial charge in [-0.3, -0.25) is 60.9 Å². The molecule has 754 valence electrons. The number of hydrogen-bond donors (Lipinski definition) is 1. The minimum absolute atomic E-state index is 0.00276. The Morgan fingerprint density at radius 2 is 0.562 bits per heavy atom. The first kappa shape index (κ1) is 126. The number of ether oxygens (including phenoxy) is 5. The molecule has 0 aliphatic heterocycles. The topological polar surface area (TPSA) is 290 Å². The molecule has 0 aromatic heterocycles. The maximum atomic E-state index is 12.3. The largest absolute Gasteiger partial charge is 0.484 e. The van der Waals surface area contributed by atoms with E-state index >= 15 is 0 Å². The van der Waals surface area contributed by atoms with E-state index in [1.807, 2.05) is 41.5 Å². The van der Waals surface area contributed by atoms with Crippen molar-refractivity contribution in [2.75, 3.05) is 66.2 Å². The predicted octanol–water partition coefficient (Wildman–Crippen LogP) is 29.9. The zero-order valence-corrected chi connectivity index (χ0v) is 89.4. The van der Waals surface area contributed by atoms with Crippen molar-refractivity contribution < 1.29 is 103 Å². The van der Waals surface area contributed by atoms with Crippen molar-refractivity contribution in [2.45, 2.75) is 246 Å². The van der Waals surface area contributed by atoms with Gasteiger partial charge in [-0.1, -0.05) is 254 Å². The van der Waals surface area contributed by atoms with Crippen LogP contribution in [0.4, 0.5) is 8.78 Å². The number of aryl methyl sites for hydroxylation is 1. The lowest BCUT2D eigenvalue weighted by Gasteiger charge is -2.36. The van der Waals surface area contributed by atoms with Crippen molar-refractivity contribution in [1.29, 1.82) is 0 Å². The predicted molar refractivity (Wildman–Crippen MR) is 552 cm³/mol. The Labute approximate surface area is 858 Å². The molecule has 20 nitrogen and oxygen atoms in total. The lowest BCUT2D eigenvalue weighted by molar-refractivity contribution is -0.121. The van der Waals surface area contributed by atoms with E-state index in [1.54, 1.807) is 24.3 Å². The van der Waals surface area contributed by atoms with Gasteiger partial charge in [-0.05, 0) is 222 Å². The Hall–Kier alpha value is -7.47. The molecule has 0 atom stereocenters. The monoisotopic (exact) mass is 2130 g/mol. The van der Waals surface area contributed by atoms with Gasteiger partial charge >= 0.3 is 0 Å². The highest BCUT2D eigenvalue weighted by Gasteiger charge is 2.37. The van der Waals surface area contributed by atoms with Crippen LogP contribution in [0, 0.1) is 6.92 Å². The van der Waals surface area contributed by atoms with Gasteiger partial charge in [0.25, 0.3) is 10.1 Å². The van der Waals surface area contributed by atoms with Crippen molar-refractivity contribution in [2.24, 2.45) is 0 Å². The van der Waals surface area contributed by atoms with Crippen LogP contribution in [0.3, 0.4) is 0 Å². The summed E-state index contributed by atoms with van der Waals surface area (Å²) in [6.45, 7) is 40.3. The first-order valence-electron chi connectivity index (χ1n) is 45.2. The Bertz CT molecular complexity index is 4990. The molecule has 0 aliphatic carbocycles. The van der Waals surface area contributed by atoms with E-state index in [4.69, 9.17) is 153 Å². The number of ketones is 10. The number of unbranched alkanes of at least 4 members (excludes halogenated alkanes) is 10.